The normalized spacial score (nSPS) is 20.7. The van der Waals surface area contributed by atoms with Gasteiger partial charge in [-0.05, 0) is 36.1 Å². The summed E-state index contributed by atoms with van der Waals surface area (Å²) in [7, 11) is 0. The highest BCUT2D eigenvalue weighted by atomic mass is 16.3. The fourth-order valence-corrected chi connectivity index (χ4v) is 4.07. The van der Waals surface area contributed by atoms with Crippen molar-refractivity contribution in [2.24, 2.45) is 0 Å². The van der Waals surface area contributed by atoms with Gasteiger partial charge >= 0.3 is 0 Å². The number of rotatable bonds is 7. The highest BCUT2D eigenvalue weighted by Crippen LogP contribution is 2.21. The average molecular weight is 367 g/mol. The Labute approximate surface area is 162 Å². The summed E-state index contributed by atoms with van der Waals surface area (Å²) in [5.74, 6) is 0.185. The number of hydrogen-bond donors (Lipinski definition) is 1. The summed E-state index contributed by atoms with van der Waals surface area (Å²) in [4.78, 5) is 17.4. The molecule has 1 heterocycles. The summed E-state index contributed by atoms with van der Waals surface area (Å²) in [5.41, 5.74) is 1.06. The smallest absolute Gasteiger partial charge is 0.227 e. The van der Waals surface area contributed by atoms with E-state index in [2.05, 4.69) is 48.7 Å². The van der Waals surface area contributed by atoms with E-state index in [0.717, 1.165) is 38.0 Å². The Morgan fingerprint density at radius 1 is 1.22 bits per heavy atom. The lowest BCUT2D eigenvalue weighted by Gasteiger charge is -2.45. The lowest BCUT2D eigenvalue weighted by atomic mass is 10.0. The number of carbonyl (C=O) groups excluding carboxylic acids is 1. The molecule has 1 fully saturated rings. The third-order valence-electron chi connectivity index (χ3n) is 5.50. The van der Waals surface area contributed by atoms with Crippen molar-refractivity contribution in [3.63, 3.8) is 0 Å². The summed E-state index contributed by atoms with van der Waals surface area (Å²) in [6.07, 6.45) is 4.02. The molecular formula is C23H30N2O2. The molecule has 4 nitrogen and oxygen atoms in total. The molecule has 0 aliphatic carbocycles. The molecule has 0 aromatic heterocycles. The standard InChI is InChI=1S/C23H30N2O2/c1-3-12-24-16-18(2)25(17-22(24)9-6-13-26)23(27)15-19-10-11-20-7-4-5-8-21(20)14-19/h3-5,7-8,10-11,14,18,22,26H,1,6,9,12-13,15-17H2,2H3/t18-,22+/m1/s1. The van der Waals surface area contributed by atoms with Crippen LogP contribution >= 0.6 is 0 Å². The van der Waals surface area contributed by atoms with Gasteiger partial charge in [0.2, 0.25) is 5.91 Å². The second-order valence-corrected chi connectivity index (χ2v) is 7.52. The molecule has 0 unspecified atom stereocenters. The van der Waals surface area contributed by atoms with Gasteiger partial charge in [-0.25, -0.2) is 0 Å². The van der Waals surface area contributed by atoms with Crippen LogP contribution in [0.25, 0.3) is 10.8 Å². The first-order chi connectivity index (χ1) is 13.1. The maximum atomic E-state index is 13.0. The molecule has 1 N–H and O–H groups in total. The van der Waals surface area contributed by atoms with E-state index < -0.39 is 0 Å². The first-order valence-electron chi connectivity index (χ1n) is 9.85. The first-order valence-corrected chi connectivity index (χ1v) is 9.85. The van der Waals surface area contributed by atoms with Gasteiger partial charge in [0.25, 0.3) is 0 Å². The van der Waals surface area contributed by atoms with Gasteiger partial charge in [0.15, 0.2) is 0 Å². The van der Waals surface area contributed by atoms with Crippen LogP contribution in [0.5, 0.6) is 0 Å². The van der Waals surface area contributed by atoms with E-state index in [-0.39, 0.29) is 24.6 Å². The number of benzene rings is 2. The van der Waals surface area contributed by atoms with Crippen molar-refractivity contribution in [2.75, 3.05) is 26.2 Å². The highest BCUT2D eigenvalue weighted by Gasteiger charge is 2.33. The summed E-state index contributed by atoms with van der Waals surface area (Å²) in [6.45, 7) is 8.58. The summed E-state index contributed by atoms with van der Waals surface area (Å²) >= 11 is 0. The number of fused-ring (bicyclic) bond motifs is 1. The van der Waals surface area contributed by atoms with Crippen LogP contribution in [0.4, 0.5) is 0 Å². The Bertz CT molecular complexity index is 789. The van der Waals surface area contributed by atoms with Crippen LogP contribution in [-0.4, -0.2) is 59.1 Å². The van der Waals surface area contributed by atoms with Gasteiger partial charge in [-0.2, -0.15) is 0 Å². The van der Waals surface area contributed by atoms with Crippen LogP contribution in [0.2, 0.25) is 0 Å². The summed E-state index contributed by atoms with van der Waals surface area (Å²) < 4.78 is 0. The third kappa shape index (κ3) is 4.76. The second kappa shape index (κ2) is 9.16. The number of aliphatic hydroxyl groups excluding tert-OH is 1. The van der Waals surface area contributed by atoms with E-state index in [1.54, 1.807) is 0 Å². The molecule has 3 rings (SSSR count). The Morgan fingerprint density at radius 2 is 2.00 bits per heavy atom. The van der Waals surface area contributed by atoms with E-state index in [9.17, 15) is 9.90 Å². The topological polar surface area (TPSA) is 43.8 Å². The van der Waals surface area contributed by atoms with Gasteiger partial charge in [0, 0.05) is 38.3 Å². The zero-order chi connectivity index (χ0) is 19.2. The van der Waals surface area contributed by atoms with Gasteiger partial charge in [0.05, 0.1) is 6.42 Å². The van der Waals surface area contributed by atoms with E-state index in [1.165, 1.54) is 10.8 Å². The summed E-state index contributed by atoms with van der Waals surface area (Å²) in [5, 5.41) is 11.6. The zero-order valence-electron chi connectivity index (χ0n) is 16.2. The van der Waals surface area contributed by atoms with E-state index in [0.29, 0.717) is 6.42 Å². The molecule has 1 aliphatic rings. The van der Waals surface area contributed by atoms with Crippen molar-refractivity contribution in [1.29, 1.82) is 0 Å². The van der Waals surface area contributed by atoms with E-state index in [1.807, 2.05) is 23.1 Å². The monoisotopic (exact) mass is 366 g/mol. The number of nitrogens with zero attached hydrogens (tertiary/aromatic N) is 2. The Kier molecular flexibility index (Phi) is 6.64. The van der Waals surface area contributed by atoms with Gasteiger partial charge in [-0.15, -0.1) is 6.58 Å². The molecule has 0 bridgehead atoms. The zero-order valence-corrected chi connectivity index (χ0v) is 16.2. The van der Waals surface area contributed by atoms with Crippen molar-refractivity contribution in [1.82, 2.24) is 9.80 Å². The molecular weight excluding hydrogens is 336 g/mol. The maximum absolute atomic E-state index is 13.0. The minimum Gasteiger partial charge on any atom is -0.396 e. The Balaban J connectivity index is 1.70. The second-order valence-electron chi connectivity index (χ2n) is 7.52. The molecule has 2 atom stereocenters. The number of carbonyl (C=O) groups is 1. The van der Waals surface area contributed by atoms with Crippen molar-refractivity contribution < 1.29 is 9.90 Å². The molecule has 4 heteroatoms. The third-order valence-corrected chi connectivity index (χ3v) is 5.50. The molecule has 144 valence electrons. The van der Waals surface area contributed by atoms with Crippen LogP contribution < -0.4 is 0 Å². The van der Waals surface area contributed by atoms with Gasteiger partial charge in [-0.3, -0.25) is 9.69 Å². The van der Waals surface area contributed by atoms with Crippen molar-refractivity contribution >= 4 is 16.7 Å². The van der Waals surface area contributed by atoms with E-state index in [4.69, 9.17) is 0 Å². The lowest BCUT2D eigenvalue weighted by Crippen LogP contribution is -2.59. The fourth-order valence-electron chi connectivity index (χ4n) is 4.07. The molecule has 0 saturated carbocycles. The molecule has 1 aliphatic heterocycles. The van der Waals surface area contributed by atoms with Crippen molar-refractivity contribution in [2.45, 2.75) is 38.3 Å². The van der Waals surface area contributed by atoms with Gasteiger partial charge in [0.1, 0.15) is 0 Å². The minimum atomic E-state index is 0.184. The molecule has 2 aromatic carbocycles. The predicted octanol–water partition coefficient (Wildman–Crippen LogP) is 3.24. The van der Waals surface area contributed by atoms with Crippen LogP contribution in [0.1, 0.15) is 25.3 Å². The number of hydrogen-bond acceptors (Lipinski definition) is 3. The van der Waals surface area contributed by atoms with Gasteiger partial charge < -0.3 is 10.0 Å². The highest BCUT2D eigenvalue weighted by molar-refractivity contribution is 5.85. The number of aliphatic hydroxyl groups is 1. The fraction of sp³-hybridized carbons (Fsp3) is 0.435. The Morgan fingerprint density at radius 3 is 2.74 bits per heavy atom. The van der Waals surface area contributed by atoms with Crippen molar-refractivity contribution in [3.8, 4) is 0 Å². The molecule has 2 aromatic rings. The molecule has 0 radical (unpaired) electrons. The van der Waals surface area contributed by atoms with Gasteiger partial charge in [-0.1, -0.05) is 48.5 Å². The van der Waals surface area contributed by atoms with Crippen LogP contribution in [0, 0.1) is 0 Å². The SMILES string of the molecule is C=CCN1C[C@@H](C)N(C(=O)Cc2ccc3ccccc3c2)C[C@@H]1CCCO. The molecule has 1 amide bonds. The van der Waals surface area contributed by atoms with Crippen LogP contribution in [-0.2, 0) is 11.2 Å². The van der Waals surface area contributed by atoms with Crippen LogP contribution in [0.3, 0.4) is 0 Å². The minimum absolute atomic E-state index is 0.184. The number of amides is 1. The first kappa shape index (κ1) is 19.6. The van der Waals surface area contributed by atoms with Crippen molar-refractivity contribution in [3.05, 3.63) is 60.7 Å². The molecule has 0 spiro atoms. The predicted molar refractivity (Wildman–Crippen MR) is 111 cm³/mol. The average Bonchev–Trinajstić information content (AvgIpc) is 2.67. The quantitative estimate of drug-likeness (QED) is 0.765. The van der Waals surface area contributed by atoms with Crippen LogP contribution in [0.15, 0.2) is 55.1 Å². The lowest BCUT2D eigenvalue weighted by molar-refractivity contribution is -0.136. The maximum Gasteiger partial charge on any atom is 0.227 e. The molecule has 27 heavy (non-hydrogen) atoms. The number of piperazine rings is 1. The summed E-state index contributed by atoms with van der Waals surface area (Å²) in [6, 6.07) is 15.0. The Hall–Kier alpha value is -2.17. The van der Waals surface area contributed by atoms with E-state index >= 15 is 0 Å². The molecule has 1 saturated heterocycles. The largest absolute Gasteiger partial charge is 0.396 e.